The van der Waals surface area contributed by atoms with E-state index in [4.69, 9.17) is 4.74 Å². The fraction of sp³-hybridized carbons (Fsp3) is 0.679. The van der Waals surface area contributed by atoms with Gasteiger partial charge in [-0.15, -0.1) is 4.91 Å². The zero-order valence-corrected chi connectivity index (χ0v) is 22.5. The molecule has 0 bridgehead atoms. The predicted octanol–water partition coefficient (Wildman–Crippen LogP) is 4.83. The van der Waals surface area contributed by atoms with Gasteiger partial charge < -0.3 is 20.1 Å². The van der Waals surface area contributed by atoms with E-state index in [1.165, 1.54) is 18.2 Å². The van der Waals surface area contributed by atoms with Crippen LogP contribution in [0.4, 0.5) is 5.69 Å². The Morgan fingerprint density at radius 3 is 2.46 bits per heavy atom. The molecule has 0 spiro atoms. The van der Waals surface area contributed by atoms with Gasteiger partial charge in [0.05, 0.1) is 6.10 Å². The number of nitroso groups, excluding NO2 is 1. The molecule has 9 heteroatoms. The lowest BCUT2D eigenvalue weighted by Crippen LogP contribution is -2.53. The molecule has 202 valence electrons. The minimum atomic E-state index is -1.07. The zero-order valence-electron chi connectivity index (χ0n) is 22.5. The molecule has 2 saturated carbocycles. The summed E-state index contributed by atoms with van der Waals surface area (Å²) in [5.74, 6) is -1.05. The molecule has 1 aliphatic heterocycles. The first-order chi connectivity index (χ1) is 17.3. The van der Waals surface area contributed by atoms with Gasteiger partial charge in [0.2, 0.25) is 5.91 Å². The number of phenols is 1. The minimum absolute atomic E-state index is 0.121. The van der Waals surface area contributed by atoms with Crippen LogP contribution in [-0.4, -0.2) is 52.0 Å². The quantitative estimate of drug-likeness (QED) is 0.379. The van der Waals surface area contributed by atoms with Crippen LogP contribution in [-0.2, 0) is 14.3 Å². The van der Waals surface area contributed by atoms with Gasteiger partial charge in [0.15, 0.2) is 0 Å². The van der Waals surface area contributed by atoms with Crippen LogP contribution in [0.5, 0.6) is 5.75 Å². The highest BCUT2D eigenvalue weighted by Gasteiger charge is 2.55. The number of rotatable bonds is 8. The van der Waals surface area contributed by atoms with Gasteiger partial charge in [0, 0.05) is 12.1 Å². The number of likely N-dealkylation sites (tertiary alicyclic amines) is 1. The number of carbonyl (C=O) groups is 3. The van der Waals surface area contributed by atoms with Crippen molar-refractivity contribution in [3.05, 3.63) is 28.7 Å². The Kier molecular flexibility index (Phi) is 7.12. The van der Waals surface area contributed by atoms with Crippen LogP contribution in [0.3, 0.4) is 0 Å². The lowest BCUT2D eigenvalue weighted by atomic mass is 9.66. The summed E-state index contributed by atoms with van der Waals surface area (Å²) in [5, 5.41) is 15.1. The van der Waals surface area contributed by atoms with Gasteiger partial charge in [-0.3, -0.25) is 9.59 Å². The number of nitrogens with zero attached hydrogens (tertiary/aromatic N) is 2. The number of esters is 1. The van der Waals surface area contributed by atoms with E-state index < -0.39 is 17.5 Å². The fourth-order valence-corrected chi connectivity index (χ4v) is 5.98. The highest BCUT2D eigenvalue weighted by Crippen LogP contribution is 2.57. The van der Waals surface area contributed by atoms with Crippen LogP contribution in [0, 0.1) is 21.7 Å². The number of nitrogens with one attached hydrogen (secondary N) is 1. The number of hydrogen-bond donors (Lipinski definition) is 2. The van der Waals surface area contributed by atoms with Gasteiger partial charge in [-0.05, 0) is 92.0 Å². The van der Waals surface area contributed by atoms with E-state index in [9.17, 15) is 24.4 Å². The third kappa shape index (κ3) is 5.09. The molecule has 1 heterocycles. The SMILES string of the molecule is CC(CC1CCC(C)(C)C1(C)C)OC(=O)C1CCCN1C(=O)C1(NC(=O)c2ccc(O)c(N=O)c2)CC1. The lowest BCUT2D eigenvalue weighted by molar-refractivity contribution is -0.159. The molecule has 1 aromatic carbocycles. The maximum absolute atomic E-state index is 13.5. The maximum Gasteiger partial charge on any atom is 0.329 e. The summed E-state index contributed by atoms with van der Waals surface area (Å²) in [5.41, 5.74) is -0.803. The van der Waals surface area contributed by atoms with Crippen molar-refractivity contribution in [1.82, 2.24) is 10.2 Å². The molecule has 3 unspecified atom stereocenters. The van der Waals surface area contributed by atoms with E-state index in [-0.39, 0.29) is 45.8 Å². The van der Waals surface area contributed by atoms with Crippen LogP contribution in [0.2, 0.25) is 0 Å². The smallest absolute Gasteiger partial charge is 0.329 e. The average Bonchev–Trinajstić information content (AvgIpc) is 3.38. The second kappa shape index (κ2) is 9.72. The first-order valence-electron chi connectivity index (χ1n) is 13.3. The van der Waals surface area contributed by atoms with E-state index in [2.05, 4.69) is 38.2 Å². The first-order valence-corrected chi connectivity index (χ1v) is 13.3. The number of carbonyl (C=O) groups excluding carboxylic acids is 3. The monoisotopic (exact) mass is 513 g/mol. The summed E-state index contributed by atoms with van der Waals surface area (Å²) in [6.45, 7) is 11.6. The van der Waals surface area contributed by atoms with E-state index in [1.807, 2.05) is 6.92 Å². The van der Waals surface area contributed by atoms with Crippen molar-refractivity contribution in [3.63, 3.8) is 0 Å². The summed E-state index contributed by atoms with van der Waals surface area (Å²) in [4.78, 5) is 51.9. The standard InChI is InChI=1S/C28H39N3O6/c1-17(15-19-10-11-26(2,3)27(19,4)5)37-24(34)21-7-6-14-31(21)25(35)28(12-13-28)29-23(33)18-8-9-22(32)20(16-18)30-36/h8-9,16-17,19,21,32H,6-7,10-15H2,1-5H3,(H,29,33). The highest BCUT2D eigenvalue weighted by molar-refractivity contribution is 6.02. The topological polar surface area (TPSA) is 125 Å². The zero-order chi connectivity index (χ0) is 27.2. The Morgan fingerprint density at radius 2 is 1.86 bits per heavy atom. The number of ether oxygens (including phenoxy) is 1. The summed E-state index contributed by atoms with van der Waals surface area (Å²) in [6.07, 6.45) is 4.99. The van der Waals surface area contributed by atoms with Crippen LogP contribution in [0.1, 0.15) is 89.9 Å². The molecule has 3 atom stereocenters. The summed E-state index contributed by atoms with van der Waals surface area (Å²) in [6, 6.07) is 3.11. The molecule has 2 amide bonds. The largest absolute Gasteiger partial charge is 0.506 e. The van der Waals surface area contributed by atoms with Crippen LogP contribution in [0.25, 0.3) is 0 Å². The number of benzene rings is 1. The second-order valence-corrected chi connectivity index (χ2v) is 12.3. The van der Waals surface area contributed by atoms with Gasteiger partial charge >= 0.3 is 5.97 Å². The van der Waals surface area contributed by atoms with Gasteiger partial charge in [-0.2, -0.15) is 0 Å². The Balaban J connectivity index is 1.38. The van der Waals surface area contributed by atoms with Crippen LogP contribution >= 0.6 is 0 Å². The molecule has 4 rings (SSSR count). The number of hydrogen-bond acceptors (Lipinski definition) is 7. The van der Waals surface area contributed by atoms with Gasteiger partial charge in [-0.1, -0.05) is 27.7 Å². The Morgan fingerprint density at radius 1 is 1.16 bits per heavy atom. The van der Waals surface area contributed by atoms with E-state index in [0.29, 0.717) is 38.1 Å². The molecular weight excluding hydrogens is 474 g/mol. The van der Waals surface area contributed by atoms with Gasteiger partial charge in [0.25, 0.3) is 5.91 Å². The highest BCUT2D eigenvalue weighted by atomic mass is 16.5. The minimum Gasteiger partial charge on any atom is -0.506 e. The summed E-state index contributed by atoms with van der Waals surface area (Å²) < 4.78 is 5.87. The van der Waals surface area contributed by atoms with Gasteiger partial charge in [0.1, 0.15) is 23.0 Å². The van der Waals surface area contributed by atoms with E-state index in [1.54, 1.807) is 4.90 Å². The van der Waals surface area contributed by atoms with Crippen molar-refractivity contribution in [1.29, 1.82) is 0 Å². The number of amides is 2. The average molecular weight is 514 g/mol. The molecule has 1 saturated heterocycles. The number of aromatic hydroxyl groups is 1. The van der Waals surface area contributed by atoms with Crippen molar-refractivity contribution >= 4 is 23.5 Å². The molecule has 2 N–H and O–H groups in total. The molecule has 9 nitrogen and oxygen atoms in total. The molecule has 0 aromatic heterocycles. The van der Waals surface area contributed by atoms with E-state index in [0.717, 1.165) is 19.3 Å². The molecule has 0 radical (unpaired) electrons. The van der Waals surface area contributed by atoms with Gasteiger partial charge in [-0.25, -0.2) is 4.79 Å². The lowest BCUT2D eigenvalue weighted by Gasteiger charge is -2.40. The van der Waals surface area contributed by atoms with Crippen molar-refractivity contribution < 1.29 is 24.2 Å². The molecule has 1 aromatic rings. The van der Waals surface area contributed by atoms with Crippen molar-refractivity contribution in [3.8, 4) is 5.75 Å². The second-order valence-electron chi connectivity index (χ2n) is 12.3. The van der Waals surface area contributed by atoms with Crippen molar-refractivity contribution in [2.45, 2.75) is 97.2 Å². The maximum atomic E-state index is 13.5. The third-order valence-electron chi connectivity index (χ3n) is 9.45. The number of phenolic OH excluding ortho intramolecular Hbond substituents is 1. The Hall–Kier alpha value is -2.97. The van der Waals surface area contributed by atoms with Crippen molar-refractivity contribution in [2.75, 3.05) is 6.54 Å². The van der Waals surface area contributed by atoms with Crippen LogP contribution in [0.15, 0.2) is 23.4 Å². The molecule has 3 aliphatic rings. The fourth-order valence-electron chi connectivity index (χ4n) is 5.98. The Labute approximate surface area is 218 Å². The van der Waals surface area contributed by atoms with Crippen LogP contribution < -0.4 is 5.32 Å². The molecule has 37 heavy (non-hydrogen) atoms. The van der Waals surface area contributed by atoms with E-state index >= 15 is 0 Å². The molecular formula is C28H39N3O6. The normalized spacial score (nSPS) is 25.8. The summed E-state index contributed by atoms with van der Waals surface area (Å²) >= 11 is 0. The summed E-state index contributed by atoms with van der Waals surface area (Å²) in [7, 11) is 0. The van der Waals surface area contributed by atoms with Crippen molar-refractivity contribution in [2.24, 2.45) is 21.9 Å². The molecule has 3 fully saturated rings. The predicted molar refractivity (Wildman–Crippen MR) is 138 cm³/mol. The molecule has 2 aliphatic carbocycles. The first kappa shape index (κ1) is 27.1. The third-order valence-corrected chi connectivity index (χ3v) is 9.45. The Bertz CT molecular complexity index is 1090.